The lowest BCUT2D eigenvalue weighted by Crippen LogP contribution is -2.17. The summed E-state index contributed by atoms with van der Waals surface area (Å²) in [6.45, 7) is 7.30. The fraction of sp³-hybridized carbons (Fsp3) is 0.316. The molecule has 2 heterocycles. The number of aryl methyl sites for hydroxylation is 1. The van der Waals surface area contributed by atoms with Gasteiger partial charge in [-0.3, -0.25) is 0 Å². The molecular weight excluding hydrogens is 371 g/mol. The summed E-state index contributed by atoms with van der Waals surface area (Å²) < 4.78 is 45.2. The van der Waals surface area contributed by atoms with Gasteiger partial charge in [0.1, 0.15) is 11.3 Å². The predicted molar refractivity (Wildman–Crippen MR) is 101 cm³/mol. The summed E-state index contributed by atoms with van der Waals surface area (Å²) >= 11 is 0. The SMILES string of the molecule is CC(C)=CNc1nc(NC(C)c2cc3ccc(C)cc3o2)nc(C(F)(F)F)n1. The summed E-state index contributed by atoms with van der Waals surface area (Å²) in [5, 5.41) is 6.42. The minimum atomic E-state index is -4.69. The summed E-state index contributed by atoms with van der Waals surface area (Å²) in [4.78, 5) is 11.0. The van der Waals surface area contributed by atoms with E-state index in [1.807, 2.05) is 31.2 Å². The average Bonchev–Trinajstić information content (AvgIpc) is 3.02. The van der Waals surface area contributed by atoms with Gasteiger partial charge in [0, 0.05) is 11.6 Å². The number of benzene rings is 1. The number of nitrogens with one attached hydrogen (secondary N) is 2. The fourth-order valence-electron chi connectivity index (χ4n) is 2.48. The van der Waals surface area contributed by atoms with Gasteiger partial charge < -0.3 is 15.1 Å². The molecule has 2 aromatic heterocycles. The van der Waals surface area contributed by atoms with E-state index in [9.17, 15) is 13.2 Å². The van der Waals surface area contributed by atoms with Crippen LogP contribution in [0.3, 0.4) is 0 Å². The average molecular weight is 391 g/mol. The molecule has 0 aliphatic carbocycles. The molecule has 0 saturated heterocycles. The Labute approximate surface area is 159 Å². The van der Waals surface area contributed by atoms with Crippen LogP contribution in [-0.2, 0) is 6.18 Å². The van der Waals surface area contributed by atoms with Crippen LogP contribution in [0.5, 0.6) is 0 Å². The van der Waals surface area contributed by atoms with Crippen molar-refractivity contribution in [3.05, 3.63) is 53.2 Å². The summed E-state index contributed by atoms with van der Waals surface area (Å²) in [6.07, 6.45) is -3.18. The first kappa shape index (κ1) is 19.7. The maximum Gasteiger partial charge on any atom is 0.451 e. The van der Waals surface area contributed by atoms with Gasteiger partial charge in [0.05, 0.1) is 6.04 Å². The second-order valence-corrected chi connectivity index (χ2v) is 6.73. The van der Waals surface area contributed by atoms with Gasteiger partial charge in [-0.2, -0.15) is 28.1 Å². The van der Waals surface area contributed by atoms with Gasteiger partial charge in [0.25, 0.3) is 0 Å². The van der Waals surface area contributed by atoms with E-state index < -0.39 is 18.0 Å². The lowest BCUT2D eigenvalue weighted by atomic mass is 10.2. The molecule has 0 spiro atoms. The maximum absolute atomic E-state index is 13.1. The molecule has 6 nitrogen and oxygen atoms in total. The van der Waals surface area contributed by atoms with Crippen LogP contribution >= 0.6 is 0 Å². The number of fused-ring (bicyclic) bond motifs is 1. The molecule has 0 fully saturated rings. The molecule has 0 bridgehead atoms. The van der Waals surface area contributed by atoms with Crippen molar-refractivity contribution in [1.29, 1.82) is 0 Å². The molecule has 148 valence electrons. The third kappa shape index (κ3) is 4.59. The first-order chi connectivity index (χ1) is 13.1. The van der Waals surface area contributed by atoms with E-state index >= 15 is 0 Å². The van der Waals surface area contributed by atoms with E-state index in [-0.39, 0.29) is 11.9 Å². The topological polar surface area (TPSA) is 75.9 Å². The molecular formula is C19H20F3N5O. The van der Waals surface area contributed by atoms with Crippen LogP contribution in [0, 0.1) is 6.92 Å². The van der Waals surface area contributed by atoms with E-state index in [0.717, 1.165) is 16.5 Å². The van der Waals surface area contributed by atoms with E-state index in [2.05, 4.69) is 25.6 Å². The predicted octanol–water partition coefficient (Wildman–Crippen LogP) is 5.45. The van der Waals surface area contributed by atoms with Crippen molar-refractivity contribution in [2.24, 2.45) is 0 Å². The summed E-state index contributed by atoms with van der Waals surface area (Å²) in [5.74, 6) is -1.11. The Balaban J connectivity index is 1.90. The Morgan fingerprint density at radius 1 is 1.11 bits per heavy atom. The van der Waals surface area contributed by atoms with E-state index in [4.69, 9.17) is 4.42 Å². The number of allylic oxidation sites excluding steroid dienone is 1. The van der Waals surface area contributed by atoms with Gasteiger partial charge in [-0.05, 0) is 45.4 Å². The molecule has 0 saturated carbocycles. The van der Waals surface area contributed by atoms with E-state index in [1.165, 1.54) is 6.20 Å². The Morgan fingerprint density at radius 2 is 1.82 bits per heavy atom. The molecule has 0 amide bonds. The van der Waals surface area contributed by atoms with Crippen molar-refractivity contribution in [2.75, 3.05) is 10.6 Å². The number of aromatic nitrogens is 3. The van der Waals surface area contributed by atoms with Crippen LogP contribution in [0.25, 0.3) is 11.0 Å². The number of hydrogen-bond donors (Lipinski definition) is 2. The molecule has 0 aliphatic rings. The third-order valence-electron chi connectivity index (χ3n) is 3.85. The maximum atomic E-state index is 13.1. The van der Waals surface area contributed by atoms with Crippen LogP contribution in [0.4, 0.5) is 25.1 Å². The number of rotatable bonds is 5. The van der Waals surface area contributed by atoms with Gasteiger partial charge in [0.15, 0.2) is 0 Å². The van der Waals surface area contributed by atoms with E-state index in [0.29, 0.717) is 11.3 Å². The lowest BCUT2D eigenvalue weighted by molar-refractivity contribution is -0.144. The summed E-state index contributed by atoms with van der Waals surface area (Å²) in [7, 11) is 0. The summed E-state index contributed by atoms with van der Waals surface area (Å²) in [5.41, 5.74) is 2.62. The van der Waals surface area contributed by atoms with Crippen molar-refractivity contribution in [1.82, 2.24) is 15.0 Å². The minimum Gasteiger partial charge on any atom is -0.459 e. The summed E-state index contributed by atoms with van der Waals surface area (Å²) in [6, 6.07) is 7.17. The number of hydrogen-bond acceptors (Lipinski definition) is 6. The number of halogens is 3. The Kier molecular flexibility index (Phi) is 5.26. The molecule has 28 heavy (non-hydrogen) atoms. The quantitative estimate of drug-likeness (QED) is 0.602. The monoisotopic (exact) mass is 391 g/mol. The van der Waals surface area contributed by atoms with Crippen LogP contribution in [0.1, 0.15) is 44.0 Å². The number of alkyl halides is 3. The molecule has 3 rings (SSSR count). The Morgan fingerprint density at radius 3 is 2.50 bits per heavy atom. The van der Waals surface area contributed by atoms with Crippen molar-refractivity contribution < 1.29 is 17.6 Å². The van der Waals surface area contributed by atoms with Gasteiger partial charge >= 0.3 is 6.18 Å². The van der Waals surface area contributed by atoms with Crippen molar-refractivity contribution in [2.45, 2.75) is 39.9 Å². The highest BCUT2D eigenvalue weighted by atomic mass is 19.4. The zero-order valence-electron chi connectivity index (χ0n) is 15.8. The largest absolute Gasteiger partial charge is 0.459 e. The highest BCUT2D eigenvalue weighted by Crippen LogP contribution is 2.29. The first-order valence-electron chi connectivity index (χ1n) is 8.61. The Hall–Kier alpha value is -3.10. The molecule has 3 aromatic rings. The van der Waals surface area contributed by atoms with Gasteiger partial charge in [-0.25, -0.2) is 0 Å². The van der Waals surface area contributed by atoms with Crippen LogP contribution in [-0.4, -0.2) is 15.0 Å². The first-order valence-corrected chi connectivity index (χ1v) is 8.61. The van der Waals surface area contributed by atoms with Crippen LogP contribution in [0.2, 0.25) is 0 Å². The van der Waals surface area contributed by atoms with Gasteiger partial charge in [0.2, 0.25) is 17.7 Å². The molecule has 1 aromatic carbocycles. The molecule has 0 radical (unpaired) electrons. The molecule has 1 unspecified atom stereocenters. The number of anilines is 2. The highest BCUT2D eigenvalue weighted by molar-refractivity contribution is 5.78. The molecule has 1 atom stereocenters. The molecule has 2 N–H and O–H groups in total. The molecule has 0 aliphatic heterocycles. The van der Waals surface area contributed by atoms with Crippen molar-refractivity contribution in [3.63, 3.8) is 0 Å². The van der Waals surface area contributed by atoms with Crippen LogP contribution in [0.15, 0.2) is 40.5 Å². The second kappa shape index (κ2) is 7.49. The van der Waals surface area contributed by atoms with Gasteiger partial charge in [-0.1, -0.05) is 17.7 Å². The van der Waals surface area contributed by atoms with Crippen LogP contribution < -0.4 is 10.6 Å². The zero-order chi connectivity index (χ0) is 20.5. The second-order valence-electron chi connectivity index (χ2n) is 6.73. The normalized spacial score (nSPS) is 12.7. The van der Waals surface area contributed by atoms with Crippen molar-refractivity contribution >= 4 is 22.9 Å². The van der Waals surface area contributed by atoms with Gasteiger partial charge in [-0.15, -0.1) is 0 Å². The third-order valence-corrected chi connectivity index (χ3v) is 3.85. The number of furan rings is 1. The fourth-order valence-corrected chi connectivity index (χ4v) is 2.48. The number of nitrogens with zero attached hydrogens (tertiary/aromatic N) is 3. The molecule has 9 heteroatoms. The smallest absolute Gasteiger partial charge is 0.451 e. The Bertz CT molecular complexity index is 1020. The standard InChI is InChI=1S/C19H20F3N5O/c1-10(2)9-23-17-25-16(19(20,21)22)26-18(27-17)24-12(4)14-8-13-6-5-11(3)7-15(13)28-14/h5-9,12H,1-4H3,(H2,23,24,25,26,27). The van der Waals surface area contributed by atoms with Crippen molar-refractivity contribution in [3.8, 4) is 0 Å². The zero-order valence-corrected chi connectivity index (χ0v) is 15.8. The lowest BCUT2D eigenvalue weighted by Gasteiger charge is -2.14. The minimum absolute atomic E-state index is 0.196. The van der Waals surface area contributed by atoms with E-state index in [1.54, 1.807) is 20.8 Å². The highest BCUT2D eigenvalue weighted by Gasteiger charge is 2.36.